The van der Waals surface area contributed by atoms with Crippen LogP contribution < -0.4 is 0 Å². The van der Waals surface area contributed by atoms with Crippen LogP contribution in [-0.4, -0.2) is 17.4 Å². The van der Waals surface area contributed by atoms with Crippen molar-refractivity contribution in [2.24, 2.45) is 12.2 Å². The van der Waals surface area contributed by atoms with E-state index in [0.717, 1.165) is 16.5 Å². The predicted octanol–water partition coefficient (Wildman–Crippen LogP) is 2.81. The topological polar surface area (TPSA) is 50.3 Å². The number of nitriles is 1. The van der Waals surface area contributed by atoms with Crippen LogP contribution in [0.4, 0.5) is 0 Å². The summed E-state index contributed by atoms with van der Waals surface area (Å²) in [6.45, 7) is 1.80. The summed E-state index contributed by atoms with van der Waals surface area (Å²) in [5.41, 5.74) is 2.74. The molecule has 0 saturated carbocycles. The smallest absolute Gasteiger partial charge is 0.115 e. The number of fused-ring (bicyclic) bond motifs is 1. The van der Waals surface area contributed by atoms with Crippen LogP contribution in [0.5, 0.6) is 0 Å². The van der Waals surface area contributed by atoms with Crippen molar-refractivity contribution in [1.29, 1.82) is 5.26 Å². The molecular weight excluding hydrogens is 226 g/mol. The molecule has 0 amide bonds. The van der Waals surface area contributed by atoms with E-state index in [1.54, 1.807) is 6.92 Å². The van der Waals surface area contributed by atoms with Gasteiger partial charge in [0.2, 0.25) is 0 Å². The average molecular weight is 241 g/mol. The summed E-state index contributed by atoms with van der Waals surface area (Å²) in [6.07, 6.45) is 1.98. The van der Waals surface area contributed by atoms with Crippen LogP contribution in [0.3, 0.4) is 0 Å². The standard InChI is InChI=1S/C14H15N3O/c1-10(16-18-3)12(8-15)13-9-17(2)14-7-5-4-6-11(13)14/h4-7,9,12H,1-3H3/b16-10+. The number of aromatic nitrogens is 1. The zero-order valence-corrected chi connectivity index (χ0v) is 10.7. The normalized spacial score (nSPS) is 13.3. The Morgan fingerprint density at radius 1 is 1.44 bits per heavy atom. The molecule has 0 saturated heterocycles. The van der Waals surface area contributed by atoms with E-state index in [-0.39, 0.29) is 5.92 Å². The Kier molecular flexibility index (Phi) is 3.33. The first kappa shape index (κ1) is 12.2. The van der Waals surface area contributed by atoms with Crippen molar-refractivity contribution in [2.75, 3.05) is 7.11 Å². The zero-order chi connectivity index (χ0) is 13.1. The first-order chi connectivity index (χ1) is 8.69. The molecule has 1 aromatic carbocycles. The number of rotatable bonds is 3. The highest BCUT2D eigenvalue weighted by Crippen LogP contribution is 2.28. The Hall–Kier alpha value is -2.28. The van der Waals surface area contributed by atoms with E-state index in [2.05, 4.69) is 11.2 Å². The third kappa shape index (κ3) is 1.95. The second kappa shape index (κ2) is 4.92. The van der Waals surface area contributed by atoms with Crippen LogP contribution in [0.25, 0.3) is 10.9 Å². The minimum atomic E-state index is -0.379. The lowest BCUT2D eigenvalue weighted by Crippen LogP contribution is -2.07. The van der Waals surface area contributed by atoms with Crippen molar-refractivity contribution >= 4 is 16.6 Å². The Morgan fingerprint density at radius 2 is 2.17 bits per heavy atom. The summed E-state index contributed by atoms with van der Waals surface area (Å²) in [5, 5.41) is 14.3. The molecule has 18 heavy (non-hydrogen) atoms. The van der Waals surface area contributed by atoms with Crippen molar-refractivity contribution in [1.82, 2.24) is 4.57 Å². The minimum absolute atomic E-state index is 0.379. The molecule has 0 bridgehead atoms. The fourth-order valence-electron chi connectivity index (χ4n) is 2.19. The molecule has 0 N–H and O–H groups in total. The maximum absolute atomic E-state index is 9.35. The van der Waals surface area contributed by atoms with Gasteiger partial charge in [0.1, 0.15) is 13.0 Å². The molecule has 4 heteroatoms. The van der Waals surface area contributed by atoms with Gasteiger partial charge < -0.3 is 9.40 Å². The van der Waals surface area contributed by atoms with Gasteiger partial charge in [0.05, 0.1) is 11.8 Å². The second-order valence-electron chi connectivity index (χ2n) is 4.19. The molecule has 2 rings (SSSR count). The van der Waals surface area contributed by atoms with Gasteiger partial charge in [0.25, 0.3) is 0 Å². The molecule has 0 fully saturated rings. The lowest BCUT2D eigenvalue weighted by molar-refractivity contribution is 0.212. The van der Waals surface area contributed by atoms with Gasteiger partial charge in [-0.05, 0) is 13.0 Å². The van der Waals surface area contributed by atoms with Gasteiger partial charge in [-0.1, -0.05) is 23.4 Å². The predicted molar refractivity (Wildman–Crippen MR) is 71.4 cm³/mol. The van der Waals surface area contributed by atoms with Crippen LogP contribution in [0, 0.1) is 11.3 Å². The SMILES string of the molecule is CO/N=C(\C)C(C#N)c1cn(C)c2ccccc12. The maximum atomic E-state index is 9.35. The van der Waals surface area contributed by atoms with Crippen LogP contribution in [0.2, 0.25) is 0 Å². The van der Waals surface area contributed by atoms with Crippen molar-refractivity contribution in [2.45, 2.75) is 12.8 Å². The van der Waals surface area contributed by atoms with Gasteiger partial charge in [-0.25, -0.2) is 0 Å². The van der Waals surface area contributed by atoms with Gasteiger partial charge in [-0.15, -0.1) is 0 Å². The van der Waals surface area contributed by atoms with Crippen molar-refractivity contribution in [3.05, 3.63) is 36.0 Å². The highest BCUT2D eigenvalue weighted by molar-refractivity contribution is 5.96. The first-order valence-electron chi connectivity index (χ1n) is 5.70. The highest BCUT2D eigenvalue weighted by atomic mass is 16.6. The van der Waals surface area contributed by atoms with Gasteiger partial charge in [-0.2, -0.15) is 5.26 Å². The molecule has 1 heterocycles. The lowest BCUT2D eigenvalue weighted by Gasteiger charge is -2.06. The van der Waals surface area contributed by atoms with Gasteiger partial charge in [-0.3, -0.25) is 0 Å². The van der Waals surface area contributed by atoms with E-state index in [4.69, 9.17) is 4.84 Å². The summed E-state index contributed by atoms with van der Waals surface area (Å²) in [4.78, 5) is 4.76. The van der Waals surface area contributed by atoms with Crippen molar-refractivity contribution < 1.29 is 4.84 Å². The molecule has 0 aliphatic rings. The molecule has 0 aliphatic carbocycles. The highest BCUT2D eigenvalue weighted by Gasteiger charge is 2.19. The molecule has 1 atom stereocenters. The zero-order valence-electron chi connectivity index (χ0n) is 10.7. The van der Waals surface area contributed by atoms with E-state index >= 15 is 0 Å². The van der Waals surface area contributed by atoms with Crippen LogP contribution in [-0.2, 0) is 11.9 Å². The molecule has 0 aliphatic heterocycles. The number of para-hydroxylation sites is 1. The second-order valence-corrected chi connectivity index (χ2v) is 4.19. The Morgan fingerprint density at radius 3 is 2.83 bits per heavy atom. The Labute approximate surface area is 106 Å². The molecule has 1 aromatic heterocycles. The van der Waals surface area contributed by atoms with E-state index in [1.807, 2.05) is 42.1 Å². The van der Waals surface area contributed by atoms with Crippen LogP contribution in [0.15, 0.2) is 35.6 Å². The quantitative estimate of drug-likeness (QED) is 0.613. The van der Waals surface area contributed by atoms with E-state index < -0.39 is 0 Å². The number of oxime groups is 1. The molecular formula is C14H15N3O. The average Bonchev–Trinajstić information content (AvgIpc) is 2.69. The third-order valence-corrected chi connectivity index (χ3v) is 3.02. The number of hydrogen-bond acceptors (Lipinski definition) is 3. The summed E-state index contributed by atoms with van der Waals surface area (Å²) >= 11 is 0. The largest absolute Gasteiger partial charge is 0.399 e. The van der Waals surface area contributed by atoms with Crippen LogP contribution in [0.1, 0.15) is 18.4 Å². The fraction of sp³-hybridized carbons (Fsp3) is 0.286. The number of hydrogen-bond donors (Lipinski definition) is 0. The maximum Gasteiger partial charge on any atom is 0.115 e. The van der Waals surface area contributed by atoms with Gasteiger partial charge in [0, 0.05) is 29.7 Å². The van der Waals surface area contributed by atoms with Gasteiger partial charge >= 0.3 is 0 Å². The summed E-state index contributed by atoms with van der Waals surface area (Å²) in [5.74, 6) is -0.379. The molecule has 0 spiro atoms. The van der Waals surface area contributed by atoms with Crippen molar-refractivity contribution in [3.63, 3.8) is 0 Å². The van der Waals surface area contributed by atoms with Gasteiger partial charge in [0.15, 0.2) is 0 Å². The first-order valence-corrected chi connectivity index (χ1v) is 5.70. The molecule has 0 radical (unpaired) electrons. The molecule has 1 unspecified atom stereocenters. The number of aryl methyl sites for hydroxylation is 1. The number of nitrogens with zero attached hydrogens (tertiary/aromatic N) is 3. The third-order valence-electron chi connectivity index (χ3n) is 3.02. The monoisotopic (exact) mass is 241 g/mol. The van der Waals surface area contributed by atoms with Crippen molar-refractivity contribution in [3.8, 4) is 6.07 Å². The molecule has 2 aromatic rings. The van der Waals surface area contributed by atoms with E-state index in [9.17, 15) is 5.26 Å². The summed E-state index contributed by atoms with van der Waals surface area (Å²) in [7, 11) is 3.46. The Bertz CT molecular complexity index is 634. The minimum Gasteiger partial charge on any atom is -0.399 e. The molecule has 92 valence electrons. The lowest BCUT2D eigenvalue weighted by atomic mass is 9.96. The number of benzene rings is 1. The van der Waals surface area contributed by atoms with E-state index in [1.165, 1.54) is 7.11 Å². The fourth-order valence-corrected chi connectivity index (χ4v) is 2.19. The summed E-state index contributed by atoms with van der Waals surface area (Å²) < 4.78 is 2.02. The molecule has 4 nitrogen and oxygen atoms in total. The van der Waals surface area contributed by atoms with E-state index in [0.29, 0.717) is 5.71 Å². The Balaban J connectivity index is 2.60. The van der Waals surface area contributed by atoms with Crippen LogP contribution >= 0.6 is 0 Å². The summed E-state index contributed by atoms with van der Waals surface area (Å²) in [6, 6.07) is 10.3.